The first-order valence-corrected chi connectivity index (χ1v) is 10.2. The summed E-state index contributed by atoms with van der Waals surface area (Å²) in [6.45, 7) is 4.40. The quantitative estimate of drug-likeness (QED) is 0.532. The van der Waals surface area contributed by atoms with E-state index in [-0.39, 0.29) is 29.7 Å². The van der Waals surface area contributed by atoms with Gasteiger partial charge in [0.2, 0.25) is 10.0 Å². The van der Waals surface area contributed by atoms with E-state index in [1.165, 1.54) is 35.6 Å². The molecule has 8 heteroatoms. The van der Waals surface area contributed by atoms with E-state index in [4.69, 9.17) is 9.47 Å². The Hall–Kier alpha value is -1.74. The van der Waals surface area contributed by atoms with Gasteiger partial charge in [0.1, 0.15) is 6.61 Å². The molecule has 0 saturated carbocycles. The van der Waals surface area contributed by atoms with Gasteiger partial charge in [-0.1, -0.05) is 12.1 Å². The van der Waals surface area contributed by atoms with E-state index in [0.29, 0.717) is 6.61 Å². The van der Waals surface area contributed by atoms with E-state index in [0.717, 1.165) is 4.88 Å². The predicted molar refractivity (Wildman–Crippen MR) is 96.2 cm³/mol. The van der Waals surface area contributed by atoms with Crippen LogP contribution in [0.3, 0.4) is 0 Å². The van der Waals surface area contributed by atoms with Gasteiger partial charge in [-0.3, -0.25) is 0 Å². The fraction of sp³-hybridized carbons (Fsp3) is 0.353. The molecule has 0 radical (unpaired) electrons. The number of esters is 1. The van der Waals surface area contributed by atoms with Crippen LogP contribution in [0.4, 0.5) is 0 Å². The van der Waals surface area contributed by atoms with Crippen molar-refractivity contribution in [1.29, 1.82) is 0 Å². The Morgan fingerprint density at radius 3 is 2.68 bits per heavy atom. The van der Waals surface area contributed by atoms with Crippen molar-refractivity contribution >= 4 is 27.3 Å². The molecule has 1 aromatic carbocycles. The van der Waals surface area contributed by atoms with E-state index in [1.54, 1.807) is 0 Å². The second-order valence-corrected chi connectivity index (χ2v) is 8.29. The van der Waals surface area contributed by atoms with E-state index < -0.39 is 16.0 Å². The molecule has 0 amide bonds. The van der Waals surface area contributed by atoms with Crippen LogP contribution in [0.2, 0.25) is 0 Å². The number of hydrogen-bond donors (Lipinski definition) is 1. The summed E-state index contributed by atoms with van der Waals surface area (Å²) in [6.07, 6.45) is 0.0570. The Bertz CT molecular complexity index is 785. The van der Waals surface area contributed by atoms with Crippen molar-refractivity contribution in [3.8, 4) is 0 Å². The van der Waals surface area contributed by atoms with Gasteiger partial charge in [0.25, 0.3) is 0 Å². The largest absolute Gasteiger partial charge is 0.460 e. The van der Waals surface area contributed by atoms with Crippen LogP contribution in [0.25, 0.3) is 0 Å². The van der Waals surface area contributed by atoms with E-state index >= 15 is 0 Å². The number of hydrogen-bond acceptors (Lipinski definition) is 6. The van der Waals surface area contributed by atoms with Crippen LogP contribution in [0.1, 0.15) is 29.1 Å². The SMILES string of the molecule is CC(C)OCCOC(=O)c1cccc(S(=O)(=O)NCc2cccs2)c1. The van der Waals surface area contributed by atoms with Crippen LogP contribution in [-0.2, 0) is 26.0 Å². The zero-order chi connectivity index (χ0) is 18.3. The Kier molecular flexibility index (Phi) is 7.12. The Labute approximate surface area is 151 Å². The van der Waals surface area contributed by atoms with Crippen molar-refractivity contribution in [3.05, 3.63) is 52.2 Å². The van der Waals surface area contributed by atoms with Crippen LogP contribution in [-0.4, -0.2) is 33.7 Å². The molecule has 0 fully saturated rings. The molecule has 1 aromatic heterocycles. The second kappa shape index (κ2) is 9.10. The molecule has 0 aliphatic heterocycles. The predicted octanol–water partition coefficient (Wildman–Crippen LogP) is 2.81. The maximum Gasteiger partial charge on any atom is 0.338 e. The molecule has 1 heterocycles. The summed E-state index contributed by atoms with van der Waals surface area (Å²) in [7, 11) is -3.70. The van der Waals surface area contributed by atoms with Crippen molar-refractivity contribution < 1.29 is 22.7 Å². The minimum Gasteiger partial charge on any atom is -0.460 e. The first-order valence-electron chi connectivity index (χ1n) is 7.79. The van der Waals surface area contributed by atoms with Gasteiger partial charge in [-0.05, 0) is 43.5 Å². The monoisotopic (exact) mass is 383 g/mol. The molecule has 1 N–H and O–H groups in total. The number of carbonyl (C=O) groups is 1. The number of rotatable bonds is 9. The van der Waals surface area contributed by atoms with Crippen molar-refractivity contribution in [1.82, 2.24) is 4.72 Å². The van der Waals surface area contributed by atoms with Crippen molar-refractivity contribution in [2.75, 3.05) is 13.2 Å². The van der Waals surface area contributed by atoms with Crippen LogP contribution in [0, 0.1) is 0 Å². The minimum absolute atomic E-state index is 0.0249. The van der Waals surface area contributed by atoms with E-state index in [1.807, 2.05) is 31.4 Å². The molecular formula is C17H21NO5S2. The molecule has 2 aromatic rings. The summed E-state index contributed by atoms with van der Waals surface area (Å²) in [5, 5.41) is 1.88. The van der Waals surface area contributed by atoms with Gasteiger partial charge in [-0.15, -0.1) is 11.3 Å². The Morgan fingerprint density at radius 2 is 2.00 bits per heavy atom. The average molecular weight is 383 g/mol. The lowest BCUT2D eigenvalue weighted by Crippen LogP contribution is -2.23. The summed E-state index contributed by atoms with van der Waals surface area (Å²) in [4.78, 5) is 13.0. The van der Waals surface area contributed by atoms with E-state index in [9.17, 15) is 13.2 Å². The summed E-state index contributed by atoms with van der Waals surface area (Å²) in [5.74, 6) is -0.581. The molecule has 0 spiro atoms. The third kappa shape index (κ3) is 6.24. The molecule has 0 aliphatic rings. The lowest BCUT2D eigenvalue weighted by Gasteiger charge is -2.09. The molecular weight excluding hydrogens is 362 g/mol. The molecule has 0 atom stereocenters. The highest BCUT2D eigenvalue weighted by atomic mass is 32.2. The summed E-state index contributed by atoms with van der Waals surface area (Å²) < 4.78 is 37.6. The van der Waals surface area contributed by atoms with Gasteiger partial charge in [0, 0.05) is 11.4 Å². The summed E-state index contributed by atoms with van der Waals surface area (Å²) in [5.41, 5.74) is 0.184. The molecule has 25 heavy (non-hydrogen) atoms. The van der Waals surface area contributed by atoms with Crippen LogP contribution in [0.5, 0.6) is 0 Å². The van der Waals surface area contributed by atoms with Gasteiger partial charge >= 0.3 is 5.97 Å². The molecule has 0 bridgehead atoms. The molecule has 6 nitrogen and oxygen atoms in total. The van der Waals surface area contributed by atoms with Gasteiger partial charge in [0.15, 0.2) is 0 Å². The Morgan fingerprint density at radius 1 is 1.20 bits per heavy atom. The van der Waals surface area contributed by atoms with Crippen molar-refractivity contribution in [2.45, 2.75) is 31.4 Å². The number of carbonyl (C=O) groups excluding carboxylic acids is 1. The zero-order valence-electron chi connectivity index (χ0n) is 14.1. The van der Waals surface area contributed by atoms with Gasteiger partial charge in [-0.25, -0.2) is 17.9 Å². The highest BCUT2D eigenvalue weighted by Gasteiger charge is 2.17. The number of ether oxygens (including phenoxy) is 2. The third-order valence-corrected chi connectivity index (χ3v) is 5.44. The maximum atomic E-state index is 12.4. The molecule has 0 unspecified atom stereocenters. The molecule has 2 rings (SSSR count). The lowest BCUT2D eigenvalue weighted by molar-refractivity contribution is 0.0177. The van der Waals surface area contributed by atoms with Gasteiger partial charge in [-0.2, -0.15) is 0 Å². The van der Waals surface area contributed by atoms with Crippen molar-refractivity contribution in [2.24, 2.45) is 0 Å². The highest BCUT2D eigenvalue weighted by molar-refractivity contribution is 7.89. The molecule has 0 saturated heterocycles. The normalized spacial score (nSPS) is 11.6. The van der Waals surface area contributed by atoms with Crippen LogP contribution in [0.15, 0.2) is 46.7 Å². The van der Waals surface area contributed by atoms with Crippen LogP contribution >= 0.6 is 11.3 Å². The fourth-order valence-electron chi connectivity index (χ4n) is 1.95. The average Bonchev–Trinajstić information content (AvgIpc) is 3.10. The third-order valence-electron chi connectivity index (χ3n) is 3.16. The highest BCUT2D eigenvalue weighted by Crippen LogP contribution is 2.14. The fourth-order valence-corrected chi connectivity index (χ4v) is 3.74. The zero-order valence-corrected chi connectivity index (χ0v) is 15.7. The van der Waals surface area contributed by atoms with Gasteiger partial charge in [0.05, 0.1) is 23.2 Å². The number of sulfonamides is 1. The second-order valence-electron chi connectivity index (χ2n) is 5.49. The van der Waals surface area contributed by atoms with E-state index in [2.05, 4.69) is 4.72 Å². The lowest BCUT2D eigenvalue weighted by atomic mass is 10.2. The number of nitrogens with one attached hydrogen (secondary N) is 1. The number of benzene rings is 1. The van der Waals surface area contributed by atoms with Gasteiger partial charge < -0.3 is 9.47 Å². The summed E-state index contributed by atoms with van der Waals surface area (Å²) in [6, 6.07) is 9.48. The maximum absolute atomic E-state index is 12.4. The van der Waals surface area contributed by atoms with Crippen LogP contribution < -0.4 is 4.72 Å². The smallest absolute Gasteiger partial charge is 0.338 e. The molecule has 136 valence electrons. The first-order chi connectivity index (χ1) is 11.9. The first kappa shape index (κ1) is 19.6. The Balaban J connectivity index is 1.98. The summed E-state index contributed by atoms with van der Waals surface area (Å²) >= 11 is 1.47. The van der Waals surface area contributed by atoms with Crippen molar-refractivity contribution in [3.63, 3.8) is 0 Å². The standard InChI is InChI=1S/C17H21NO5S2/c1-13(2)22-8-9-23-17(19)14-5-3-7-16(11-14)25(20,21)18-12-15-6-4-10-24-15/h3-7,10-11,13,18H,8-9,12H2,1-2H3. The minimum atomic E-state index is -3.70. The number of thiophene rings is 1. The molecule has 0 aliphatic carbocycles. The topological polar surface area (TPSA) is 81.7 Å².